The van der Waals surface area contributed by atoms with Gasteiger partial charge in [-0.3, -0.25) is 18.5 Å². The summed E-state index contributed by atoms with van der Waals surface area (Å²) in [6.45, 7) is 9.00. The Kier molecular flexibility index (Phi) is 15.4. The van der Waals surface area contributed by atoms with Gasteiger partial charge in [0, 0.05) is 60.4 Å². The number of carboxylic acids is 1. The third-order valence-electron chi connectivity index (χ3n) is 11.7. The van der Waals surface area contributed by atoms with E-state index in [1.54, 1.807) is 24.3 Å². The number of nitrogens with zero attached hydrogens (tertiary/aromatic N) is 2. The highest BCUT2D eigenvalue weighted by atomic mass is 32.2. The highest BCUT2D eigenvalue weighted by Gasteiger charge is 2.45. The molecule has 18 heteroatoms. The highest BCUT2D eigenvalue weighted by Crippen LogP contribution is 2.51. The fourth-order valence-electron chi connectivity index (χ4n) is 8.33. The summed E-state index contributed by atoms with van der Waals surface area (Å²) in [6, 6.07) is 15.2. The van der Waals surface area contributed by atoms with E-state index in [4.69, 9.17) is 5.11 Å². The van der Waals surface area contributed by atoms with Gasteiger partial charge >= 0.3 is 5.97 Å². The number of hydrogen-bond acceptors (Lipinski definition) is 9. The van der Waals surface area contributed by atoms with Gasteiger partial charge in [-0.25, -0.2) is 4.79 Å². The van der Waals surface area contributed by atoms with Crippen molar-refractivity contribution in [3.8, 4) is 0 Å². The van der Waals surface area contributed by atoms with Crippen molar-refractivity contribution >= 4 is 59.3 Å². The van der Waals surface area contributed by atoms with E-state index in [0.717, 1.165) is 41.1 Å². The van der Waals surface area contributed by atoms with E-state index in [2.05, 4.69) is 17.1 Å². The van der Waals surface area contributed by atoms with Crippen LogP contribution in [-0.2, 0) is 52.5 Å². The molecule has 2 aliphatic heterocycles. The Morgan fingerprint density at radius 1 is 0.778 bits per heavy atom. The van der Waals surface area contributed by atoms with Gasteiger partial charge in [-0.2, -0.15) is 29.8 Å². The Bertz CT molecular complexity index is 2690. The number of nitrogens with one attached hydrogen (secondary N) is 1. The molecule has 63 heavy (non-hydrogen) atoms. The lowest BCUT2D eigenvalue weighted by molar-refractivity contribution is -0.437. The second kappa shape index (κ2) is 19.8. The van der Waals surface area contributed by atoms with Crippen LogP contribution in [-0.4, -0.2) is 85.0 Å². The second-order valence-electron chi connectivity index (χ2n) is 16.6. The molecular formula is C45H56N3O12S3+. The quantitative estimate of drug-likeness (QED) is 0.0304. The van der Waals surface area contributed by atoms with Crippen LogP contribution in [0.15, 0.2) is 107 Å². The van der Waals surface area contributed by atoms with Crippen molar-refractivity contribution in [3.63, 3.8) is 0 Å². The smallest absolute Gasteiger partial charge is 0.335 e. The summed E-state index contributed by atoms with van der Waals surface area (Å²) in [6.07, 6.45) is 14.0. The molecule has 1 amide bonds. The summed E-state index contributed by atoms with van der Waals surface area (Å²) >= 11 is 0. The van der Waals surface area contributed by atoms with Crippen molar-refractivity contribution in [2.75, 3.05) is 23.7 Å². The van der Waals surface area contributed by atoms with Gasteiger partial charge in [-0.05, 0) is 99.7 Å². The number of hydrogen-bond donors (Lipinski definition) is 5. The van der Waals surface area contributed by atoms with E-state index in [1.807, 2.05) is 55.7 Å². The molecule has 0 radical (unpaired) electrons. The first kappa shape index (κ1) is 49.0. The topological polar surface area (TPSA) is 236 Å². The molecule has 0 fully saturated rings. The maximum Gasteiger partial charge on any atom is 0.335 e. The summed E-state index contributed by atoms with van der Waals surface area (Å²) in [5.74, 6) is -1.63. The van der Waals surface area contributed by atoms with Crippen LogP contribution < -0.4 is 10.2 Å². The fourth-order valence-corrected chi connectivity index (χ4v) is 9.83. The molecule has 0 aromatic heterocycles. The molecule has 340 valence electrons. The van der Waals surface area contributed by atoms with Crippen LogP contribution >= 0.6 is 0 Å². The fraction of sp³-hybridized carbons (Fsp3) is 0.400. The maximum absolute atomic E-state index is 12.7. The normalized spacial score (nSPS) is 18.1. The summed E-state index contributed by atoms with van der Waals surface area (Å²) in [5, 5.41) is 12.0. The first-order valence-corrected chi connectivity index (χ1v) is 25.2. The number of amides is 1. The molecule has 0 saturated carbocycles. The summed E-state index contributed by atoms with van der Waals surface area (Å²) in [7, 11) is -13.2. The molecule has 2 aliphatic rings. The van der Waals surface area contributed by atoms with Gasteiger partial charge in [0.2, 0.25) is 11.6 Å². The molecule has 0 aliphatic carbocycles. The number of fused-ring (bicyclic) bond motifs is 2. The van der Waals surface area contributed by atoms with Crippen LogP contribution in [0.25, 0.3) is 0 Å². The lowest BCUT2D eigenvalue weighted by atomic mass is 9.77. The molecule has 0 spiro atoms. The molecule has 0 bridgehead atoms. The molecule has 3 aromatic rings. The van der Waals surface area contributed by atoms with E-state index in [1.165, 1.54) is 36.4 Å². The molecular weight excluding hydrogens is 871 g/mol. The monoisotopic (exact) mass is 926 g/mol. The Labute approximate surface area is 370 Å². The van der Waals surface area contributed by atoms with Gasteiger partial charge in [-0.1, -0.05) is 56.5 Å². The predicted molar refractivity (Wildman–Crippen MR) is 241 cm³/mol. The highest BCUT2D eigenvalue weighted by molar-refractivity contribution is 7.86. The largest absolute Gasteiger partial charge is 0.478 e. The van der Waals surface area contributed by atoms with E-state index >= 15 is 0 Å². The van der Waals surface area contributed by atoms with Gasteiger partial charge in [0.05, 0.1) is 26.5 Å². The van der Waals surface area contributed by atoms with Crippen molar-refractivity contribution in [2.45, 2.75) is 106 Å². The molecule has 15 nitrogen and oxygen atoms in total. The van der Waals surface area contributed by atoms with Crippen molar-refractivity contribution in [2.24, 2.45) is 0 Å². The minimum Gasteiger partial charge on any atom is -0.478 e. The summed E-state index contributed by atoms with van der Waals surface area (Å²) < 4.78 is 103. The van der Waals surface area contributed by atoms with Crippen molar-refractivity contribution < 1.29 is 58.2 Å². The van der Waals surface area contributed by atoms with Crippen LogP contribution in [0.1, 0.15) is 106 Å². The van der Waals surface area contributed by atoms with E-state index < -0.39 is 52.9 Å². The number of rotatable bonds is 21. The van der Waals surface area contributed by atoms with Crippen LogP contribution in [0.3, 0.4) is 0 Å². The van der Waals surface area contributed by atoms with Crippen molar-refractivity contribution in [1.82, 2.24) is 5.32 Å². The zero-order chi connectivity index (χ0) is 46.4. The Hall–Kier alpha value is -4.98. The van der Waals surface area contributed by atoms with Crippen LogP contribution in [0.5, 0.6) is 0 Å². The van der Waals surface area contributed by atoms with Gasteiger partial charge in [0.25, 0.3) is 30.4 Å². The van der Waals surface area contributed by atoms with E-state index in [0.29, 0.717) is 43.5 Å². The standard InChI is InChI=1S/C45H55N3O12S3/c1-5-6-26-48-39-24-22-35(63(58,59)60)30-37(39)45(4,25-12-8-11-16-42(49)46-31-32-17-19-33(20-18-32)43(50)51)41(48)15-10-7-9-14-40-44(2,3)36-29-34(62(55,56)57)21-23-38(36)47(40)27-13-28-61(52,53)54/h7,9-10,14-15,17-24,29-30H,5-6,8,11-13,16,25-28,31H2,1-4H3,(H4-,46,49,50,51,52,53,54,55,56,57,58,59,60)/p+1. The minimum absolute atomic E-state index is 0.0827. The Balaban J connectivity index is 1.40. The van der Waals surface area contributed by atoms with Gasteiger partial charge in [0.1, 0.15) is 6.54 Å². The number of carboxylic acid groups (broad SMARTS) is 1. The number of unbranched alkanes of at least 4 members (excludes halogenated alkanes) is 3. The molecule has 1 atom stereocenters. The Morgan fingerprint density at radius 3 is 2.05 bits per heavy atom. The summed E-state index contributed by atoms with van der Waals surface area (Å²) in [4.78, 5) is 25.5. The number of aromatic carboxylic acids is 1. The van der Waals surface area contributed by atoms with Crippen molar-refractivity contribution in [3.05, 3.63) is 119 Å². The molecule has 1 unspecified atom stereocenters. The van der Waals surface area contributed by atoms with E-state index in [9.17, 15) is 48.5 Å². The lowest BCUT2D eigenvalue weighted by Gasteiger charge is -2.30. The Morgan fingerprint density at radius 2 is 1.43 bits per heavy atom. The minimum atomic E-state index is -4.51. The maximum atomic E-state index is 12.7. The zero-order valence-electron chi connectivity index (χ0n) is 35.8. The molecule has 5 N–H and O–H groups in total. The first-order chi connectivity index (χ1) is 29.5. The SMILES string of the molecule is CCCCN1C(=CC=CC=CC2=[N+](CCCS(=O)(=O)O)c3ccc(S(=O)(=O)O)cc3C2(C)C)C(C)(CCCCCC(=O)NCc2ccc(C(=O)O)cc2)c2cc(S(=O)(=O)O)ccc21. The van der Waals surface area contributed by atoms with Crippen LogP contribution in [0.2, 0.25) is 0 Å². The zero-order valence-corrected chi connectivity index (χ0v) is 38.3. The third-order valence-corrected chi connectivity index (χ3v) is 14.2. The summed E-state index contributed by atoms with van der Waals surface area (Å²) in [5.41, 5.74) is 3.93. The van der Waals surface area contributed by atoms with Crippen LogP contribution in [0.4, 0.5) is 11.4 Å². The molecule has 5 rings (SSSR count). The molecule has 3 aromatic carbocycles. The van der Waals surface area contributed by atoms with Gasteiger partial charge < -0.3 is 15.3 Å². The van der Waals surface area contributed by atoms with Gasteiger partial charge in [-0.15, -0.1) is 0 Å². The second-order valence-corrected chi connectivity index (χ2v) is 21.0. The van der Waals surface area contributed by atoms with Crippen molar-refractivity contribution in [1.29, 1.82) is 0 Å². The average molecular weight is 927 g/mol. The first-order valence-electron chi connectivity index (χ1n) is 20.7. The lowest BCUT2D eigenvalue weighted by Crippen LogP contribution is -2.29. The average Bonchev–Trinajstić information content (AvgIpc) is 3.56. The number of benzene rings is 3. The number of allylic oxidation sites excluding steroid dienone is 6. The molecule has 2 heterocycles. The third kappa shape index (κ3) is 12.0. The van der Waals surface area contributed by atoms with Gasteiger partial charge in [0.15, 0.2) is 5.71 Å². The predicted octanol–water partition coefficient (Wildman–Crippen LogP) is 7.37. The molecule has 0 saturated heterocycles. The van der Waals surface area contributed by atoms with E-state index in [-0.39, 0.29) is 47.2 Å². The number of anilines is 1. The number of carbonyl (C=O) groups excluding carboxylic acids is 1. The number of carbonyl (C=O) groups is 2. The van der Waals surface area contributed by atoms with Crippen LogP contribution in [0, 0.1) is 0 Å².